The van der Waals surface area contributed by atoms with E-state index in [0.29, 0.717) is 12.1 Å². The number of carbonyl (C=O) groups excluding carboxylic acids is 3. The van der Waals surface area contributed by atoms with Crippen LogP contribution in [0.2, 0.25) is 0 Å². The van der Waals surface area contributed by atoms with Crippen molar-refractivity contribution in [1.82, 2.24) is 25.6 Å². The van der Waals surface area contributed by atoms with Gasteiger partial charge in [-0.05, 0) is 11.6 Å². The van der Waals surface area contributed by atoms with Crippen LogP contribution in [-0.2, 0) is 32.0 Å². The molecule has 0 aliphatic heterocycles. The molecule has 2 amide bonds. The van der Waals surface area contributed by atoms with Gasteiger partial charge in [-0.3, -0.25) is 9.59 Å². The van der Waals surface area contributed by atoms with Crippen LogP contribution in [0.25, 0.3) is 10.9 Å². The first kappa shape index (κ1) is 19.2. The summed E-state index contributed by atoms with van der Waals surface area (Å²) in [7, 11) is 1.27. The average molecular weight is 383 g/mol. The van der Waals surface area contributed by atoms with Crippen molar-refractivity contribution in [3.8, 4) is 0 Å². The number of benzene rings is 1. The molecule has 3 aromatic rings. The van der Waals surface area contributed by atoms with E-state index in [9.17, 15) is 14.4 Å². The second-order valence-electron chi connectivity index (χ2n) is 6.25. The van der Waals surface area contributed by atoms with Gasteiger partial charge in [-0.15, -0.1) is 0 Å². The number of imidazole rings is 1. The lowest BCUT2D eigenvalue weighted by molar-refractivity contribution is -0.145. The van der Waals surface area contributed by atoms with Gasteiger partial charge in [-0.1, -0.05) is 18.2 Å². The minimum absolute atomic E-state index is 0.190. The number of H-pyrrole nitrogens is 2. The molecule has 0 aliphatic carbocycles. The van der Waals surface area contributed by atoms with E-state index in [1.807, 2.05) is 24.3 Å². The molecule has 0 radical (unpaired) electrons. The SMILES string of the molecule is COC(=O)[C@H](Cc1c[nH]c2ccccc12)NC(=O)C(Cc1c[nH]cn1)NC=O. The second-order valence-corrected chi connectivity index (χ2v) is 6.25. The van der Waals surface area contributed by atoms with E-state index in [2.05, 4.69) is 25.6 Å². The highest BCUT2D eigenvalue weighted by molar-refractivity contribution is 5.90. The third kappa shape index (κ3) is 4.37. The number of carbonyl (C=O) groups is 3. The maximum atomic E-state index is 12.7. The molecule has 0 fully saturated rings. The zero-order valence-corrected chi connectivity index (χ0v) is 15.3. The maximum absolute atomic E-state index is 12.7. The van der Waals surface area contributed by atoms with Crippen LogP contribution in [0, 0.1) is 0 Å². The third-order valence-electron chi connectivity index (χ3n) is 4.45. The first-order chi connectivity index (χ1) is 13.6. The average Bonchev–Trinajstić information content (AvgIpc) is 3.36. The largest absolute Gasteiger partial charge is 0.467 e. The van der Waals surface area contributed by atoms with Gasteiger partial charge in [-0.2, -0.15) is 0 Å². The monoisotopic (exact) mass is 383 g/mol. The van der Waals surface area contributed by atoms with Gasteiger partial charge in [0.2, 0.25) is 12.3 Å². The number of aromatic nitrogens is 3. The molecule has 0 bridgehead atoms. The van der Waals surface area contributed by atoms with E-state index >= 15 is 0 Å². The van der Waals surface area contributed by atoms with Crippen molar-refractivity contribution >= 4 is 29.2 Å². The molecular weight excluding hydrogens is 362 g/mol. The second kappa shape index (κ2) is 8.85. The van der Waals surface area contributed by atoms with E-state index in [0.717, 1.165) is 16.5 Å². The summed E-state index contributed by atoms with van der Waals surface area (Å²) in [5.41, 5.74) is 2.42. The predicted octanol–water partition coefficient (Wildman–Crippen LogP) is 0.449. The summed E-state index contributed by atoms with van der Waals surface area (Å²) < 4.78 is 4.85. The zero-order valence-electron chi connectivity index (χ0n) is 15.3. The van der Waals surface area contributed by atoms with Gasteiger partial charge in [0.1, 0.15) is 12.1 Å². The minimum Gasteiger partial charge on any atom is -0.467 e. The highest BCUT2D eigenvalue weighted by Gasteiger charge is 2.27. The molecule has 0 aliphatic rings. The van der Waals surface area contributed by atoms with Crippen LogP contribution in [0.3, 0.4) is 0 Å². The van der Waals surface area contributed by atoms with E-state index in [4.69, 9.17) is 4.74 Å². The van der Waals surface area contributed by atoms with Crippen molar-refractivity contribution in [3.63, 3.8) is 0 Å². The molecule has 0 saturated carbocycles. The lowest BCUT2D eigenvalue weighted by Gasteiger charge is -2.20. The normalized spacial score (nSPS) is 12.9. The Bertz CT molecular complexity index is 950. The first-order valence-corrected chi connectivity index (χ1v) is 8.73. The number of nitrogens with zero attached hydrogens (tertiary/aromatic N) is 1. The Kier molecular flexibility index (Phi) is 6.05. The number of hydrogen-bond acceptors (Lipinski definition) is 5. The Morgan fingerprint density at radius 3 is 2.75 bits per heavy atom. The van der Waals surface area contributed by atoms with Crippen molar-refractivity contribution in [2.75, 3.05) is 7.11 Å². The standard InChI is InChI=1S/C19H21N5O4/c1-28-19(27)17(6-12-8-21-15-5-3-2-4-14(12)15)24-18(26)16(23-11-25)7-13-9-20-10-22-13/h2-5,8-11,16-17,21H,6-7H2,1H3,(H,20,22)(H,23,25)(H,24,26)/t16?,17-/m0/s1. The molecule has 28 heavy (non-hydrogen) atoms. The van der Waals surface area contributed by atoms with Gasteiger partial charge in [0.15, 0.2) is 0 Å². The summed E-state index contributed by atoms with van der Waals surface area (Å²) in [6.45, 7) is 0. The molecule has 1 aromatic carbocycles. The fraction of sp³-hybridized carbons (Fsp3) is 0.263. The number of amides is 2. The highest BCUT2D eigenvalue weighted by Crippen LogP contribution is 2.19. The van der Waals surface area contributed by atoms with Crippen LogP contribution in [-0.4, -0.2) is 52.4 Å². The van der Waals surface area contributed by atoms with Crippen LogP contribution >= 0.6 is 0 Å². The number of methoxy groups -OCH3 is 1. The van der Waals surface area contributed by atoms with E-state index in [-0.39, 0.29) is 12.8 Å². The van der Waals surface area contributed by atoms with Crippen molar-refractivity contribution in [2.45, 2.75) is 24.9 Å². The lowest BCUT2D eigenvalue weighted by Crippen LogP contribution is -2.51. The Hall–Kier alpha value is -3.62. The summed E-state index contributed by atoms with van der Waals surface area (Å²) in [6.07, 6.45) is 5.81. The Labute approximate surface area is 160 Å². The molecule has 2 atom stereocenters. The summed E-state index contributed by atoms with van der Waals surface area (Å²) in [4.78, 5) is 45.9. The molecule has 9 heteroatoms. The maximum Gasteiger partial charge on any atom is 0.328 e. The van der Waals surface area contributed by atoms with Gasteiger partial charge >= 0.3 is 5.97 Å². The molecule has 9 nitrogen and oxygen atoms in total. The Morgan fingerprint density at radius 1 is 1.21 bits per heavy atom. The molecule has 4 N–H and O–H groups in total. The van der Waals surface area contributed by atoms with Gasteiger partial charge in [0.25, 0.3) is 0 Å². The van der Waals surface area contributed by atoms with Gasteiger partial charge < -0.3 is 25.3 Å². The molecule has 146 valence electrons. The number of ether oxygens (including phenoxy) is 1. The van der Waals surface area contributed by atoms with Crippen LogP contribution < -0.4 is 10.6 Å². The number of nitrogens with one attached hydrogen (secondary N) is 4. The Balaban J connectivity index is 1.76. The van der Waals surface area contributed by atoms with Crippen LogP contribution in [0.5, 0.6) is 0 Å². The molecular formula is C19H21N5O4. The third-order valence-corrected chi connectivity index (χ3v) is 4.45. The molecule has 0 spiro atoms. The summed E-state index contributed by atoms with van der Waals surface area (Å²) >= 11 is 0. The van der Waals surface area contributed by atoms with E-state index in [1.165, 1.54) is 13.4 Å². The van der Waals surface area contributed by atoms with Crippen molar-refractivity contribution in [3.05, 3.63) is 54.2 Å². The van der Waals surface area contributed by atoms with Crippen LogP contribution in [0.15, 0.2) is 43.0 Å². The number of fused-ring (bicyclic) bond motifs is 1. The van der Waals surface area contributed by atoms with Crippen LogP contribution in [0.4, 0.5) is 0 Å². The summed E-state index contributed by atoms with van der Waals surface area (Å²) in [6, 6.07) is 5.92. The molecule has 2 heterocycles. The van der Waals surface area contributed by atoms with Crippen LogP contribution in [0.1, 0.15) is 11.3 Å². The van der Waals surface area contributed by atoms with E-state index in [1.54, 1.807) is 12.4 Å². The number of para-hydroxylation sites is 1. The summed E-state index contributed by atoms with van der Waals surface area (Å²) in [5, 5.41) is 6.11. The van der Waals surface area contributed by atoms with Crippen molar-refractivity contribution in [1.29, 1.82) is 0 Å². The molecule has 2 aromatic heterocycles. The van der Waals surface area contributed by atoms with Crippen molar-refractivity contribution in [2.24, 2.45) is 0 Å². The number of hydrogen-bond donors (Lipinski definition) is 4. The van der Waals surface area contributed by atoms with Gasteiger partial charge in [-0.25, -0.2) is 9.78 Å². The number of esters is 1. The molecule has 1 unspecified atom stereocenters. The zero-order chi connectivity index (χ0) is 19.9. The van der Waals surface area contributed by atoms with Gasteiger partial charge in [0.05, 0.1) is 19.1 Å². The quantitative estimate of drug-likeness (QED) is 0.315. The fourth-order valence-corrected chi connectivity index (χ4v) is 3.05. The Morgan fingerprint density at radius 2 is 2.04 bits per heavy atom. The molecule has 0 saturated heterocycles. The fourth-order valence-electron chi connectivity index (χ4n) is 3.05. The predicted molar refractivity (Wildman–Crippen MR) is 101 cm³/mol. The lowest BCUT2D eigenvalue weighted by atomic mass is 10.0. The van der Waals surface area contributed by atoms with Crippen molar-refractivity contribution < 1.29 is 19.1 Å². The number of aromatic amines is 2. The smallest absolute Gasteiger partial charge is 0.328 e. The molecule has 3 rings (SSSR count). The first-order valence-electron chi connectivity index (χ1n) is 8.73. The van der Waals surface area contributed by atoms with E-state index < -0.39 is 24.0 Å². The van der Waals surface area contributed by atoms with Gasteiger partial charge in [0, 0.05) is 36.1 Å². The minimum atomic E-state index is -0.896. The topological polar surface area (TPSA) is 129 Å². The highest BCUT2D eigenvalue weighted by atomic mass is 16.5. The summed E-state index contributed by atoms with van der Waals surface area (Å²) in [5.74, 6) is -1.06. The number of rotatable bonds is 9.